The molecule has 0 saturated carbocycles. The van der Waals surface area contributed by atoms with E-state index in [0.717, 1.165) is 12.7 Å². The minimum atomic E-state index is -0.948. The van der Waals surface area contributed by atoms with Crippen LogP contribution in [0.2, 0.25) is 0 Å². The summed E-state index contributed by atoms with van der Waals surface area (Å²) in [4.78, 5) is 14.3. The van der Waals surface area contributed by atoms with E-state index < -0.39 is 17.4 Å². The molecule has 0 atom stereocenters. The van der Waals surface area contributed by atoms with E-state index in [-0.39, 0.29) is 5.56 Å². The molecule has 1 aromatic rings. The third-order valence-corrected chi connectivity index (χ3v) is 2.73. The topological polar surface area (TPSA) is 83.9 Å². The van der Waals surface area contributed by atoms with Gasteiger partial charge in [0.2, 0.25) is 11.2 Å². The summed E-state index contributed by atoms with van der Waals surface area (Å²) in [5.74, 6) is -1.06. The summed E-state index contributed by atoms with van der Waals surface area (Å²) in [5.41, 5.74) is 0.433. The van der Waals surface area contributed by atoms with Gasteiger partial charge in [0.25, 0.3) is 0 Å². The fraction of sp³-hybridized carbons (Fsp3) is 0.267. The monoisotopic (exact) mass is 289 g/mol. The van der Waals surface area contributed by atoms with Crippen LogP contribution in [0.1, 0.15) is 18.1 Å². The van der Waals surface area contributed by atoms with E-state index in [1.165, 1.54) is 0 Å². The van der Waals surface area contributed by atoms with Crippen LogP contribution in [0.3, 0.4) is 0 Å². The van der Waals surface area contributed by atoms with Gasteiger partial charge in [0.05, 0.1) is 12.7 Å². The van der Waals surface area contributed by atoms with Crippen LogP contribution in [0.25, 0.3) is 10.7 Å². The molecule has 21 heavy (non-hydrogen) atoms. The summed E-state index contributed by atoms with van der Waals surface area (Å²) in [6.07, 6.45) is 3.63. The van der Waals surface area contributed by atoms with Crippen molar-refractivity contribution in [3.05, 3.63) is 52.2 Å². The lowest BCUT2D eigenvalue weighted by Crippen LogP contribution is -2.06. The number of aliphatic hydroxyl groups is 1. The maximum atomic E-state index is 11.5. The summed E-state index contributed by atoms with van der Waals surface area (Å²) in [7, 11) is 1.13. The lowest BCUT2D eigenvalue weighted by atomic mass is 10.1. The van der Waals surface area contributed by atoms with Crippen molar-refractivity contribution >= 4 is 11.7 Å². The van der Waals surface area contributed by atoms with Gasteiger partial charge in [0.15, 0.2) is 4.98 Å². The minimum absolute atomic E-state index is 0.248. The second-order valence-electron chi connectivity index (χ2n) is 4.12. The fourth-order valence-electron chi connectivity index (χ4n) is 1.67. The molecule has 0 fully saturated rings. The molecule has 0 amide bonds. The number of aliphatic hydroxyl groups excluding tert-OH is 1. The zero-order valence-electron chi connectivity index (χ0n) is 12.2. The van der Waals surface area contributed by atoms with Crippen molar-refractivity contribution in [2.24, 2.45) is 0 Å². The molecular weight excluding hydrogens is 272 g/mol. The number of hydrogen-bond donors (Lipinski definition) is 1. The Morgan fingerprint density at radius 3 is 2.76 bits per heavy atom. The lowest BCUT2D eigenvalue weighted by molar-refractivity contribution is -0.135. The van der Waals surface area contributed by atoms with E-state index in [9.17, 15) is 9.90 Å². The number of rotatable bonds is 5. The average molecular weight is 289 g/mol. The molecule has 6 heteroatoms. The molecule has 1 N–H and O–H groups in total. The van der Waals surface area contributed by atoms with Crippen LogP contribution in [0.15, 0.2) is 36.0 Å². The first kappa shape index (κ1) is 16.2. The summed E-state index contributed by atoms with van der Waals surface area (Å²) in [5, 5.41) is 19.1. The second-order valence-corrected chi connectivity index (χ2v) is 4.12. The quantitative estimate of drug-likeness (QED) is 0.296. The fourth-order valence-corrected chi connectivity index (χ4v) is 1.67. The predicted octanol–water partition coefficient (Wildman–Crippen LogP) is 3.20. The van der Waals surface area contributed by atoms with Crippen LogP contribution in [-0.4, -0.2) is 24.8 Å². The van der Waals surface area contributed by atoms with Crippen LogP contribution >= 0.6 is 0 Å². The maximum absolute atomic E-state index is 11.5. The number of carbonyl (C=O) groups excluding carboxylic acids is 1. The van der Waals surface area contributed by atoms with Gasteiger partial charge < -0.3 is 14.6 Å². The SMILES string of the molecule is C/C=C/COc1c(C)cccc1/C(O)=C(\[N+]#N)C(=O)OC. The number of carbonyl (C=O) groups is 1. The molecular formula is C15H17N2O4+. The van der Waals surface area contributed by atoms with Gasteiger partial charge in [-0.3, -0.25) is 0 Å². The number of aryl methyl sites for hydroxylation is 1. The first-order chi connectivity index (χ1) is 10.1. The third kappa shape index (κ3) is 3.83. The Morgan fingerprint density at radius 2 is 2.19 bits per heavy atom. The van der Waals surface area contributed by atoms with E-state index in [1.807, 2.05) is 13.0 Å². The Morgan fingerprint density at radius 1 is 1.48 bits per heavy atom. The van der Waals surface area contributed by atoms with Crippen molar-refractivity contribution in [1.29, 1.82) is 5.39 Å². The van der Waals surface area contributed by atoms with Gasteiger partial charge in [-0.2, -0.15) is 0 Å². The van der Waals surface area contributed by atoms with E-state index >= 15 is 0 Å². The summed E-state index contributed by atoms with van der Waals surface area (Å²) in [6.45, 7) is 3.97. The van der Waals surface area contributed by atoms with Gasteiger partial charge >= 0.3 is 11.7 Å². The minimum Gasteiger partial charge on any atom is -0.501 e. The molecule has 1 rings (SSSR count). The zero-order valence-corrected chi connectivity index (χ0v) is 12.2. The van der Waals surface area contributed by atoms with E-state index in [2.05, 4.69) is 9.71 Å². The smallest absolute Gasteiger partial charge is 0.501 e. The van der Waals surface area contributed by atoms with Gasteiger partial charge in [-0.25, -0.2) is 4.79 Å². The number of esters is 1. The zero-order chi connectivity index (χ0) is 15.8. The molecule has 0 aliphatic rings. The van der Waals surface area contributed by atoms with Gasteiger partial charge in [0, 0.05) is 0 Å². The number of methoxy groups -OCH3 is 1. The van der Waals surface area contributed by atoms with Gasteiger partial charge in [-0.1, -0.05) is 24.3 Å². The Kier molecular flexibility index (Phi) is 5.96. The molecule has 0 aliphatic carbocycles. The first-order valence-electron chi connectivity index (χ1n) is 6.27. The highest BCUT2D eigenvalue weighted by atomic mass is 16.5. The number of ether oxygens (including phenoxy) is 2. The molecule has 0 radical (unpaired) electrons. The van der Waals surface area contributed by atoms with Gasteiger partial charge in [-0.05, 0) is 25.5 Å². The summed E-state index contributed by atoms with van der Waals surface area (Å²) in [6, 6.07) is 5.05. The standard InChI is InChI=1S/C15H16N2O4/c1-4-5-9-21-14-10(2)7-6-8-11(14)13(18)12(17-16)15(19)20-3/h4-8H,9H2,1-3H3/p+1/b5-4+. The van der Waals surface area contributed by atoms with E-state index in [0.29, 0.717) is 12.4 Å². The molecule has 0 aliphatic heterocycles. The van der Waals surface area contributed by atoms with Crippen LogP contribution < -0.4 is 4.74 Å². The van der Waals surface area contributed by atoms with E-state index in [4.69, 9.17) is 10.1 Å². The van der Waals surface area contributed by atoms with Gasteiger partial charge in [0.1, 0.15) is 12.4 Å². The highest BCUT2D eigenvalue weighted by Crippen LogP contribution is 2.30. The summed E-state index contributed by atoms with van der Waals surface area (Å²) < 4.78 is 10.0. The van der Waals surface area contributed by atoms with Crippen molar-refractivity contribution in [3.8, 4) is 5.75 Å². The van der Waals surface area contributed by atoms with Crippen LogP contribution in [0.4, 0.5) is 0 Å². The Hall–Kier alpha value is -2.81. The molecule has 0 heterocycles. The maximum Gasteiger partial charge on any atom is 0.510 e. The predicted molar refractivity (Wildman–Crippen MR) is 78.1 cm³/mol. The normalized spacial score (nSPS) is 11.7. The number of para-hydroxylation sites is 1. The largest absolute Gasteiger partial charge is 0.510 e. The molecule has 0 aromatic heterocycles. The number of allylic oxidation sites excluding steroid dienone is 1. The van der Waals surface area contributed by atoms with Crippen molar-refractivity contribution in [2.45, 2.75) is 13.8 Å². The van der Waals surface area contributed by atoms with Crippen molar-refractivity contribution in [1.82, 2.24) is 0 Å². The number of diazo groups is 1. The van der Waals surface area contributed by atoms with Crippen LogP contribution in [0.5, 0.6) is 5.75 Å². The summed E-state index contributed by atoms with van der Waals surface area (Å²) >= 11 is 0. The molecule has 0 unspecified atom stereocenters. The number of hydrogen-bond acceptors (Lipinski definition) is 5. The van der Waals surface area contributed by atoms with Crippen molar-refractivity contribution in [3.63, 3.8) is 0 Å². The Labute approximate surface area is 122 Å². The Balaban J connectivity index is 3.35. The second kappa shape index (κ2) is 7.70. The van der Waals surface area contributed by atoms with Crippen LogP contribution in [0, 0.1) is 12.3 Å². The molecule has 0 bridgehead atoms. The lowest BCUT2D eigenvalue weighted by Gasteiger charge is -2.11. The molecule has 1 aromatic carbocycles. The highest BCUT2D eigenvalue weighted by Gasteiger charge is 2.32. The highest BCUT2D eigenvalue weighted by molar-refractivity contribution is 5.98. The number of benzene rings is 1. The number of nitrogens with zero attached hydrogens (tertiary/aromatic N) is 2. The molecule has 0 saturated heterocycles. The first-order valence-corrected chi connectivity index (χ1v) is 6.27. The van der Waals surface area contributed by atoms with Crippen LogP contribution in [-0.2, 0) is 9.53 Å². The molecule has 0 spiro atoms. The third-order valence-electron chi connectivity index (χ3n) is 2.73. The molecule has 6 nitrogen and oxygen atoms in total. The van der Waals surface area contributed by atoms with Gasteiger partial charge in [-0.15, -0.1) is 0 Å². The van der Waals surface area contributed by atoms with Crippen molar-refractivity contribution < 1.29 is 19.4 Å². The van der Waals surface area contributed by atoms with E-state index in [1.54, 1.807) is 31.2 Å². The Bertz CT molecular complexity index is 627. The average Bonchev–Trinajstić information content (AvgIpc) is 2.49. The molecule has 110 valence electrons. The van der Waals surface area contributed by atoms with Crippen molar-refractivity contribution in [2.75, 3.05) is 13.7 Å².